The lowest BCUT2D eigenvalue weighted by molar-refractivity contribution is 0.0789. The first-order chi connectivity index (χ1) is 10.5. The SMILES string of the molecule is CCCCOc1ccc(C(=O)N(C)CCC(N)C(C)C)cc1. The second-order valence-corrected chi connectivity index (χ2v) is 6.15. The molecule has 1 aromatic carbocycles. The van der Waals surface area contributed by atoms with Crippen molar-refractivity contribution in [3.63, 3.8) is 0 Å². The summed E-state index contributed by atoms with van der Waals surface area (Å²) in [6.45, 7) is 7.73. The number of benzene rings is 1. The highest BCUT2D eigenvalue weighted by molar-refractivity contribution is 5.94. The maximum atomic E-state index is 12.3. The van der Waals surface area contributed by atoms with Crippen LogP contribution in [0.5, 0.6) is 5.75 Å². The molecule has 0 saturated carbocycles. The monoisotopic (exact) mass is 306 g/mol. The Morgan fingerprint density at radius 1 is 1.27 bits per heavy atom. The van der Waals surface area contributed by atoms with Gasteiger partial charge in [0.25, 0.3) is 5.91 Å². The topological polar surface area (TPSA) is 55.6 Å². The van der Waals surface area contributed by atoms with E-state index in [1.807, 2.05) is 31.3 Å². The molecule has 0 spiro atoms. The second kappa shape index (κ2) is 9.46. The molecular formula is C18H30N2O2. The van der Waals surface area contributed by atoms with Gasteiger partial charge in [-0.2, -0.15) is 0 Å². The fraction of sp³-hybridized carbons (Fsp3) is 0.611. The Morgan fingerprint density at radius 3 is 2.45 bits per heavy atom. The lowest BCUT2D eigenvalue weighted by atomic mass is 10.0. The number of hydrogen-bond donors (Lipinski definition) is 1. The van der Waals surface area contributed by atoms with E-state index in [9.17, 15) is 4.79 Å². The predicted octanol–water partition coefficient (Wildman–Crippen LogP) is 3.31. The van der Waals surface area contributed by atoms with Gasteiger partial charge in [-0.05, 0) is 43.0 Å². The number of nitrogens with two attached hydrogens (primary N) is 1. The van der Waals surface area contributed by atoms with Gasteiger partial charge in [-0.15, -0.1) is 0 Å². The lowest BCUT2D eigenvalue weighted by Gasteiger charge is -2.21. The van der Waals surface area contributed by atoms with Crippen LogP contribution in [0.15, 0.2) is 24.3 Å². The van der Waals surface area contributed by atoms with E-state index in [1.165, 1.54) is 0 Å². The summed E-state index contributed by atoms with van der Waals surface area (Å²) in [6.07, 6.45) is 2.97. The van der Waals surface area contributed by atoms with Crippen molar-refractivity contribution in [1.29, 1.82) is 0 Å². The van der Waals surface area contributed by atoms with E-state index in [1.54, 1.807) is 4.90 Å². The molecular weight excluding hydrogens is 276 g/mol. The molecule has 1 aromatic rings. The summed E-state index contributed by atoms with van der Waals surface area (Å²) in [5, 5.41) is 0. The molecule has 1 atom stereocenters. The number of nitrogens with zero attached hydrogens (tertiary/aromatic N) is 1. The summed E-state index contributed by atoms with van der Waals surface area (Å²) in [5.41, 5.74) is 6.71. The third kappa shape index (κ3) is 6.06. The van der Waals surface area contributed by atoms with Crippen molar-refractivity contribution in [3.8, 4) is 5.75 Å². The molecule has 0 radical (unpaired) electrons. The van der Waals surface area contributed by atoms with Crippen LogP contribution in [0.2, 0.25) is 0 Å². The highest BCUT2D eigenvalue weighted by Crippen LogP contribution is 2.14. The summed E-state index contributed by atoms with van der Waals surface area (Å²) >= 11 is 0. The van der Waals surface area contributed by atoms with Gasteiger partial charge in [-0.25, -0.2) is 0 Å². The average Bonchev–Trinajstić information content (AvgIpc) is 2.52. The molecule has 4 nitrogen and oxygen atoms in total. The highest BCUT2D eigenvalue weighted by Gasteiger charge is 2.14. The summed E-state index contributed by atoms with van der Waals surface area (Å²) in [5.74, 6) is 1.27. The van der Waals surface area contributed by atoms with Crippen LogP contribution < -0.4 is 10.5 Å². The van der Waals surface area contributed by atoms with Crippen LogP contribution in [0.4, 0.5) is 0 Å². The van der Waals surface area contributed by atoms with Gasteiger partial charge >= 0.3 is 0 Å². The van der Waals surface area contributed by atoms with Gasteiger partial charge < -0.3 is 15.4 Å². The van der Waals surface area contributed by atoms with Gasteiger partial charge in [0, 0.05) is 25.2 Å². The molecule has 1 unspecified atom stereocenters. The summed E-state index contributed by atoms with van der Waals surface area (Å²) in [6, 6.07) is 7.49. The minimum Gasteiger partial charge on any atom is -0.494 e. The molecule has 22 heavy (non-hydrogen) atoms. The maximum Gasteiger partial charge on any atom is 0.253 e. The van der Waals surface area contributed by atoms with E-state index >= 15 is 0 Å². The Hall–Kier alpha value is -1.55. The van der Waals surface area contributed by atoms with Crippen LogP contribution in [0.1, 0.15) is 50.4 Å². The zero-order valence-electron chi connectivity index (χ0n) is 14.3. The van der Waals surface area contributed by atoms with Crippen molar-refractivity contribution in [2.45, 2.75) is 46.1 Å². The van der Waals surface area contributed by atoms with E-state index in [4.69, 9.17) is 10.5 Å². The first-order valence-electron chi connectivity index (χ1n) is 8.19. The first kappa shape index (κ1) is 18.5. The largest absolute Gasteiger partial charge is 0.494 e. The molecule has 0 aliphatic carbocycles. The molecule has 1 amide bonds. The van der Waals surface area contributed by atoms with Crippen LogP contribution in [-0.4, -0.2) is 37.0 Å². The Morgan fingerprint density at radius 2 is 1.91 bits per heavy atom. The Kier molecular flexibility index (Phi) is 7.96. The standard InChI is InChI=1S/C18H30N2O2/c1-5-6-13-22-16-9-7-15(8-10-16)18(21)20(4)12-11-17(19)14(2)3/h7-10,14,17H,5-6,11-13,19H2,1-4H3. The van der Waals surface area contributed by atoms with Gasteiger partial charge in [0.1, 0.15) is 5.75 Å². The first-order valence-corrected chi connectivity index (χ1v) is 8.19. The molecule has 4 heteroatoms. The predicted molar refractivity (Wildman–Crippen MR) is 91.2 cm³/mol. The Labute approximate surface area is 134 Å². The molecule has 0 aromatic heterocycles. The molecule has 0 heterocycles. The van der Waals surface area contributed by atoms with E-state index in [-0.39, 0.29) is 11.9 Å². The normalized spacial score (nSPS) is 12.3. The number of carbonyl (C=O) groups excluding carboxylic acids is 1. The highest BCUT2D eigenvalue weighted by atomic mass is 16.5. The number of rotatable bonds is 9. The van der Waals surface area contributed by atoms with E-state index in [0.29, 0.717) is 18.0 Å². The van der Waals surface area contributed by atoms with Gasteiger partial charge in [-0.3, -0.25) is 4.79 Å². The van der Waals surface area contributed by atoms with E-state index in [0.717, 1.165) is 31.6 Å². The van der Waals surface area contributed by atoms with E-state index in [2.05, 4.69) is 20.8 Å². The van der Waals surface area contributed by atoms with Gasteiger partial charge in [-0.1, -0.05) is 27.2 Å². The summed E-state index contributed by atoms with van der Waals surface area (Å²) in [4.78, 5) is 14.1. The number of hydrogen-bond acceptors (Lipinski definition) is 3. The van der Waals surface area contributed by atoms with Crippen molar-refractivity contribution in [2.75, 3.05) is 20.2 Å². The van der Waals surface area contributed by atoms with Gasteiger partial charge in [0.05, 0.1) is 6.61 Å². The smallest absolute Gasteiger partial charge is 0.253 e. The molecule has 2 N–H and O–H groups in total. The minimum atomic E-state index is 0.0241. The van der Waals surface area contributed by atoms with Crippen molar-refractivity contribution in [2.24, 2.45) is 11.7 Å². The molecule has 0 bridgehead atoms. The van der Waals surface area contributed by atoms with Gasteiger partial charge in [0.2, 0.25) is 0 Å². The van der Waals surface area contributed by atoms with Crippen LogP contribution in [-0.2, 0) is 0 Å². The number of unbranched alkanes of at least 4 members (excludes halogenated alkanes) is 1. The van der Waals surface area contributed by atoms with Crippen molar-refractivity contribution in [3.05, 3.63) is 29.8 Å². The third-order valence-electron chi connectivity index (χ3n) is 3.87. The van der Waals surface area contributed by atoms with Crippen LogP contribution in [0.25, 0.3) is 0 Å². The van der Waals surface area contributed by atoms with Crippen molar-refractivity contribution >= 4 is 5.91 Å². The fourth-order valence-electron chi connectivity index (χ4n) is 2.03. The average molecular weight is 306 g/mol. The number of amides is 1. The Bertz CT molecular complexity index is 443. The molecule has 0 aliphatic heterocycles. The minimum absolute atomic E-state index is 0.0241. The van der Waals surface area contributed by atoms with Crippen LogP contribution in [0, 0.1) is 5.92 Å². The maximum absolute atomic E-state index is 12.3. The van der Waals surface area contributed by atoms with Crippen LogP contribution in [0.3, 0.4) is 0 Å². The molecule has 1 rings (SSSR count). The Balaban J connectivity index is 2.50. The summed E-state index contributed by atoms with van der Waals surface area (Å²) in [7, 11) is 1.82. The van der Waals surface area contributed by atoms with Crippen LogP contribution >= 0.6 is 0 Å². The zero-order chi connectivity index (χ0) is 16.5. The molecule has 124 valence electrons. The molecule has 0 aliphatic rings. The quantitative estimate of drug-likeness (QED) is 0.712. The molecule has 0 fully saturated rings. The van der Waals surface area contributed by atoms with E-state index < -0.39 is 0 Å². The lowest BCUT2D eigenvalue weighted by Crippen LogP contribution is -2.34. The number of carbonyl (C=O) groups is 1. The summed E-state index contributed by atoms with van der Waals surface area (Å²) < 4.78 is 5.61. The molecule has 0 saturated heterocycles. The second-order valence-electron chi connectivity index (χ2n) is 6.15. The van der Waals surface area contributed by atoms with Crippen molar-refractivity contribution < 1.29 is 9.53 Å². The van der Waals surface area contributed by atoms with Crippen molar-refractivity contribution in [1.82, 2.24) is 4.90 Å². The van der Waals surface area contributed by atoms with Gasteiger partial charge in [0.15, 0.2) is 0 Å². The fourth-order valence-corrected chi connectivity index (χ4v) is 2.03. The zero-order valence-corrected chi connectivity index (χ0v) is 14.3. The number of ether oxygens (including phenoxy) is 1. The third-order valence-corrected chi connectivity index (χ3v) is 3.87.